The van der Waals surface area contributed by atoms with Gasteiger partial charge in [0.2, 0.25) is 5.91 Å². The number of anilines is 1. The second kappa shape index (κ2) is 8.36. The van der Waals surface area contributed by atoms with Gasteiger partial charge in [0, 0.05) is 30.7 Å². The van der Waals surface area contributed by atoms with Crippen molar-refractivity contribution in [1.82, 2.24) is 5.32 Å². The van der Waals surface area contributed by atoms with E-state index in [0.717, 1.165) is 5.69 Å². The Bertz CT molecular complexity index is 716. The van der Waals surface area contributed by atoms with E-state index >= 15 is 0 Å². The van der Waals surface area contributed by atoms with E-state index in [2.05, 4.69) is 5.32 Å². The van der Waals surface area contributed by atoms with Gasteiger partial charge in [0.1, 0.15) is 5.75 Å². The summed E-state index contributed by atoms with van der Waals surface area (Å²) < 4.78 is 5.17. The first-order chi connectivity index (χ1) is 11.5. The van der Waals surface area contributed by atoms with Gasteiger partial charge in [0.15, 0.2) is 0 Å². The predicted molar refractivity (Wildman–Crippen MR) is 94.8 cm³/mol. The number of rotatable bonds is 6. The Kier molecular flexibility index (Phi) is 6.21. The van der Waals surface area contributed by atoms with Crippen LogP contribution >= 0.6 is 11.6 Å². The Morgan fingerprint density at radius 2 is 1.79 bits per heavy atom. The molecule has 2 amide bonds. The third kappa shape index (κ3) is 4.49. The monoisotopic (exact) mass is 346 g/mol. The summed E-state index contributed by atoms with van der Waals surface area (Å²) in [5.74, 6) is 0.159. The number of methoxy groups -OCH3 is 1. The number of amides is 2. The van der Waals surface area contributed by atoms with Crippen LogP contribution in [-0.2, 0) is 4.79 Å². The molecule has 0 saturated heterocycles. The molecule has 24 heavy (non-hydrogen) atoms. The number of halogens is 1. The molecule has 5 nitrogen and oxygen atoms in total. The Labute approximate surface area is 146 Å². The maximum absolute atomic E-state index is 12.2. The van der Waals surface area contributed by atoms with Crippen molar-refractivity contribution in [1.29, 1.82) is 0 Å². The van der Waals surface area contributed by atoms with Crippen LogP contribution in [0.4, 0.5) is 5.69 Å². The van der Waals surface area contributed by atoms with Crippen LogP contribution in [0.25, 0.3) is 0 Å². The minimum Gasteiger partial charge on any atom is -0.496 e. The van der Waals surface area contributed by atoms with Crippen molar-refractivity contribution >= 4 is 29.1 Å². The van der Waals surface area contributed by atoms with Crippen LogP contribution in [0.3, 0.4) is 0 Å². The van der Waals surface area contributed by atoms with Crippen molar-refractivity contribution in [3.05, 3.63) is 59.1 Å². The molecule has 0 fully saturated rings. The molecule has 126 valence electrons. The summed E-state index contributed by atoms with van der Waals surface area (Å²) in [5.41, 5.74) is 1.19. The van der Waals surface area contributed by atoms with Crippen molar-refractivity contribution in [2.45, 2.75) is 6.92 Å². The van der Waals surface area contributed by atoms with Crippen LogP contribution in [0.5, 0.6) is 5.75 Å². The highest BCUT2D eigenvalue weighted by molar-refractivity contribution is 6.30. The Morgan fingerprint density at radius 1 is 1.12 bits per heavy atom. The molecule has 0 aliphatic heterocycles. The quantitative estimate of drug-likeness (QED) is 0.874. The highest BCUT2D eigenvalue weighted by atomic mass is 35.5. The minimum atomic E-state index is -0.243. The van der Waals surface area contributed by atoms with E-state index in [0.29, 0.717) is 29.4 Å². The molecular formula is C18H19ClN2O3. The molecule has 0 radical (unpaired) electrons. The van der Waals surface area contributed by atoms with Crippen LogP contribution < -0.4 is 15.0 Å². The summed E-state index contributed by atoms with van der Waals surface area (Å²) in [5, 5.41) is 3.40. The average Bonchev–Trinajstić information content (AvgIpc) is 2.59. The first-order valence-corrected chi connectivity index (χ1v) is 7.85. The SMILES string of the molecule is COc1ccccc1C(=O)NCCN(C(C)=O)c1ccc(Cl)cc1. The van der Waals surface area contributed by atoms with Crippen molar-refractivity contribution in [3.8, 4) is 5.75 Å². The van der Waals surface area contributed by atoms with Crippen LogP contribution in [0, 0.1) is 0 Å². The van der Waals surface area contributed by atoms with Crippen molar-refractivity contribution < 1.29 is 14.3 Å². The molecular weight excluding hydrogens is 328 g/mol. The number of hydrogen-bond donors (Lipinski definition) is 1. The lowest BCUT2D eigenvalue weighted by Gasteiger charge is -2.21. The van der Waals surface area contributed by atoms with E-state index in [1.165, 1.54) is 14.0 Å². The highest BCUT2D eigenvalue weighted by Gasteiger charge is 2.14. The van der Waals surface area contributed by atoms with E-state index in [4.69, 9.17) is 16.3 Å². The lowest BCUT2D eigenvalue weighted by Crippen LogP contribution is -2.37. The first kappa shape index (κ1) is 17.8. The zero-order valence-corrected chi connectivity index (χ0v) is 14.3. The van der Waals surface area contributed by atoms with Crippen LogP contribution in [0.15, 0.2) is 48.5 Å². The Balaban J connectivity index is 1.99. The molecule has 0 unspecified atom stereocenters. The third-order valence-corrected chi connectivity index (χ3v) is 3.74. The van der Waals surface area contributed by atoms with Gasteiger partial charge in [-0.1, -0.05) is 23.7 Å². The second-order valence-corrected chi connectivity index (χ2v) is 5.54. The lowest BCUT2D eigenvalue weighted by atomic mass is 10.2. The van der Waals surface area contributed by atoms with Gasteiger partial charge >= 0.3 is 0 Å². The summed E-state index contributed by atoms with van der Waals surface area (Å²) in [6.45, 7) is 2.16. The molecule has 0 aliphatic carbocycles. The molecule has 1 N–H and O–H groups in total. The van der Waals surface area contributed by atoms with Crippen molar-refractivity contribution in [2.24, 2.45) is 0 Å². The van der Waals surface area contributed by atoms with Gasteiger partial charge < -0.3 is 15.0 Å². The fourth-order valence-corrected chi connectivity index (χ4v) is 2.42. The molecule has 0 saturated carbocycles. The predicted octanol–water partition coefficient (Wildman–Crippen LogP) is 3.13. The summed E-state index contributed by atoms with van der Waals surface area (Å²) in [6.07, 6.45) is 0. The summed E-state index contributed by atoms with van der Waals surface area (Å²) >= 11 is 5.87. The molecule has 6 heteroatoms. The molecule has 0 aliphatic rings. The fourth-order valence-electron chi connectivity index (χ4n) is 2.30. The maximum atomic E-state index is 12.2. The molecule has 0 bridgehead atoms. The molecule has 2 rings (SSSR count). The van der Waals surface area contributed by atoms with Crippen LogP contribution in [0.2, 0.25) is 5.02 Å². The van der Waals surface area contributed by atoms with Crippen molar-refractivity contribution in [3.63, 3.8) is 0 Å². The Morgan fingerprint density at radius 3 is 2.42 bits per heavy atom. The smallest absolute Gasteiger partial charge is 0.255 e. The fraction of sp³-hybridized carbons (Fsp3) is 0.222. The number of benzene rings is 2. The zero-order valence-electron chi connectivity index (χ0n) is 13.6. The lowest BCUT2D eigenvalue weighted by molar-refractivity contribution is -0.116. The van der Waals surface area contributed by atoms with Gasteiger partial charge in [0.05, 0.1) is 12.7 Å². The van der Waals surface area contributed by atoms with Gasteiger partial charge in [-0.15, -0.1) is 0 Å². The molecule has 0 spiro atoms. The third-order valence-electron chi connectivity index (χ3n) is 3.49. The number of nitrogens with zero attached hydrogens (tertiary/aromatic N) is 1. The molecule has 2 aromatic rings. The van der Waals surface area contributed by atoms with Gasteiger partial charge in [-0.2, -0.15) is 0 Å². The molecule has 0 heterocycles. The zero-order chi connectivity index (χ0) is 17.5. The van der Waals surface area contributed by atoms with E-state index in [1.54, 1.807) is 53.4 Å². The van der Waals surface area contributed by atoms with Gasteiger partial charge in [-0.05, 0) is 36.4 Å². The largest absolute Gasteiger partial charge is 0.496 e. The second-order valence-electron chi connectivity index (χ2n) is 5.10. The van der Waals surface area contributed by atoms with Crippen LogP contribution in [-0.4, -0.2) is 32.0 Å². The number of para-hydroxylation sites is 1. The number of carbonyl (C=O) groups excluding carboxylic acids is 2. The van der Waals surface area contributed by atoms with Crippen molar-refractivity contribution in [2.75, 3.05) is 25.1 Å². The molecule has 0 aromatic heterocycles. The highest BCUT2D eigenvalue weighted by Crippen LogP contribution is 2.18. The summed E-state index contributed by atoms with van der Waals surface area (Å²) in [4.78, 5) is 25.7. The summed E-state index contributed by atoms with van der Waals surface area (Å²) in [6, 6.07) is 14.0. The Hall–Kier alpha value is -2.53. The van der Waals surface area contributed by atoms with Gasteiger partial charge in [-0.3, -0.25) is 9.59 Å². The number of hydrogen-bond acceptors (Lipinski definition) is 3. The number of ether oxygens (including phenoxy) is 1. The summed E-state index contributed by atoms with van der Waals surface area (Å²) in [7, 11) is 1.52. The maximum Gasteiger partial charge on any atom is 0.255 e. The topological polar surface area (TPSA) is 58.6 Å². The van der Waals surface area contributed by atoms with E-state index < -0.39 is 0 Å². The van der Waals surface area contributed by atoms with E-state index in [1.807, 2.05) is 0 Å². The van der Waals surface area contributed by atoms with Gasteiger partial charge in [0.25, 0.3) is 5.91 Å². The first-order valence-electron chi connectivity index (χ1n) is 7.48. The molecule has 0 atom stereocenters. The number of nitrogens with one attached hydrogen (secondary N) is 1. The number of carbonyl (C=O) groups is 2. The standard InChI is InChI=1S/C18H19ClN2O3/c1-13(22)21(15-9-7-14(19)8-10-15)12-11-20-18(23)16-5-3-4-6-17(16)24-2/h3-10H,11-12H2,1-2H3,(H,20,23). The van der Waals surface area contributed by atoms with Crippen LogP contribution in [0.1, 0.15) is 17.3 Å². The average molecular weight is 347 g/mol. The van der Waals surface area contributed by atoms with E-state index in [9.17, 15) is 9.59 Å². The minimum absolute atomic E-state index is 0.108. The molecule has 2 aromatic carbocycles. The van der Waals surface area contributed by atoms with E-state index in [-0.39, 0.29) is 11.8 Å². The van der Waals surface area contributed by atoms with Gasteiger partial charge in [-0.25, -0.2) is 0 Å². The normalized spacial score (nSPS) is 10.1.